The van der Waals surface area contributed by atoms with Gasteiger partial charge in [-0.2, -0.15) is 0 Å². The Kier molecular flexibility index (Phi) is 31.7. The summed E-state index contributed by atoms with van der Waals surface area (Å²) in [4.78, 5) is 23.0. The number of carboxylic acid groups (broad SMARTS) is 1. The van der Waals surface area contributed by atoms with Crippen LogP contribution in [-0.2, 0) is 14.3 Å². The van der Waals surface area contributed by atoms with Crippen LogP contribution in [0.3, 0.4) is 0 Å². The number of unbranched alkanes of at least 4 members (excludes halogenated alkanes) is 24. The molecule has 0 aliphatic rings. The molecule has 0 spiro atoms. The first-order valence-corrected chi connectivity index (χ1v) is 17.8. The van der Waals surface area contributed by atoms with Crippen molar-refractivity contribution in [3.05, 3.63) is 24.8 Å². The van der Waals surface area contributed by atoms with Crippen LogP contribution in [0.4, 0.5) is 0 Å². The molecule has 0 aliphatic heterocycles. The van der Waals surface area contributed by atoms with E-state index < -0.39 is 17.9 Å². The molecular formula is C37H68O4. The largest absolute Gasteiger partial charge is 0.481 e. The summed E-state index contributed by atoms with van der Waals surface area (Å²) >= 11 is 0. The van der Waals surface area contributed by atoms with Gasteiger partial charge < -0.3 is 9.84 Å². The second kappa shape index (κ2) is 32.9. The first kappa shape index (κ1) is 39.4. The molecule has 41 heavy (non-hydrogen) atoms. The van der Waals surface area contributed by atoms with Gasteiger partial charge in [-0.05, 0) is 25.7 Å². The van der Waals surface area contributed by atoms with Gasteiger partial charge in [-0.3, -0.25) is 9.59 Å². The van der Waals surface area contributed by atoms with Crippen LogP contribution in [0.15, 0.2) is 24.8 Å². The second-order valence-corrected chi connectivity index (χ2v) is 12.2. The zero-order valence-electron chi connectivity index (χ0n) is 27.2. The molecule has 0 saturated heterocycles. The van der Waals surface area contributed by atoms with Crippen LogP contribution < -0.4 is 0 Å². The van der Waals surface area contributed by atoms with Crippen molar-refractivity contribution in [1.82, 2.24) is 0 Å². The van der Waals surface area contributed by atoms with E-state index in [0.29, 0.717) is 6.42 Å². The van der Waals surface area contributed by atoms with E-state index in [-0.39, 0.29) is 13.0 Å². The lowest BCUT2D eigenvalue weighted by Gasteiger charge is -2.11. The van der Waals surface area contributed by atoms with Crippen LogP contribution in [0.25, 0.3) is 0 Å². The standard InChI is InChI=1S/C37H68O4/c1-3-5-6-7-8-9-10-11-12-13-14-15-16-17-18-19-20-21-22-23-24-25-26-27-28-29-30-31-32-35(37(39)40)34-36(38)41-33-4-2/h4-6,35H,2-3,7-34H2,1H3,(H,39,40)/b6-5+. The predicted molar refractivity (Wildman–Crippen MR) is 176 cm³/mol. The zero-order valence-corrected chi connectivity index (χ0v) is 27.2. The number of carbonyl (C=O) groups excluding carboxylic acids is 1. The SMILES string of the molecule is C=CCOC(=O)CC(CCCCCCCCCCCCCCCCCCCCCCCCCC/C=C/CC)C(=O)O. The lowest BCUT2D eigenvalue weighted by molar-refractivity contribution is -0.151. The second-order valence-electron chi connectivity index (χ2n) is 12.2. The summed E-state index contributed by atoms with van der Waals surface area (Å²) in [5.41, 5.74) is 0. The molecule has 1 atom stereocenters. The molecule has 0 bridgehead atoms. The Bertz CT molecular complexity index is 612. The number of hydrogen-bond donors (Lipinski definition) is 1. The van der Waals surface area contributed by atoms with Crippen molar-refractivity contribution in [2.75, 3.05) is 6.61 Å². The Hall–Kier alpha value is -1.58. The third-order valence-electron chi connectivity index (χ3n) is 8.20. The Morgan fingerprint density at radius 3 is 1.32 bits per heavy atom. The van der Waals surface area contributed by atoms with Gasteiger partial charge in [-0.15, -0.1) is 0 Å². The van der Waals surface area contributed by atoms with E-state index in [4.69, 9.17) is 4.74 Å². The molecular weight excluding hydrogens is 508 g/mol. The van der Waals surface area contributed by atoms with Crippen LogP contribution >= 0.6 is 0 Å². The Labute approximate surface area is 255 Å². The fourth-order valence-electron chi connectivity index (χ4n) is 5.55. The number of hydrogen-bond acceptors (Lipinski definition) is 3. The quantitative estimate of drug-likeness (QED) is 0.0479. The first-order valence-electron chi connectivity index (χ1n) is 17.8. The molecule has 0 fully saturated rings. The number of allylic oxidation sites excluding steroid dienone is 2. The van der Waals surface area contributed by atoms with E-state index in [9.17, 15) is 14.7 Å². The number of rotatable bonds is 33. The Morgan fingerprint density at radius 2 is 0.976 bits per heavy atom. The summed E-state index contributed by atoms with van der Waals surface area (Å²) in [7, 11) is 0. The highest BCUT2D eigenvalue weighted by molar-refractivity contribution is 5.78. The summed E-state index contributed by atoms with van der Waals surface area (Å²) in [6.07, 6.45) is 41.6. The minimum Gasteiger partial charge on any atom is -0.481 e. The van der Waals surface area contributed by atoms with E-state index >= 15 is 0 Å². The molecule has 0 saturated carbocycles. The number of carbonyl (C=O) groups is 2. The molecule has 0 radical (unpaired) electrons. The van der Waals surface area contributed by atoms with Crippen molar-refractivity contribution in [2.24, 2.45) is 5.92 Å². The van der Waals surface area contributed by atoms with Gasteiger partial charge in [0.1, 0.15) is 6.61 Å². The van der Waals surface area contributed by atoms with Crippen LogP contribution in [0.5, 0.6) is 0 Å². The van der Waals surface area contributed by atoms with Gasteiger partial charge in [0, 0.05) is 0 Å². The molecule has 4 nitrogen and oxygen atoms in total. The maximum atomic E-state index is 11.6. The monoisotopic (exact) mass is 577 g/mol. The van der Waals surface area contributed by atoms with Crippen molar-refractivity contribution in [2.45, 2.75) is 187 Å². The summed E-state index contributed by atoms with van der Waals surface area (Å²) in [5.74, 6) is -1.98. The summed E-state index contributed by atoms with van der Waals surface area (Å²) in [6.45, 7) is 5.85. The van der Waals surface area contributed by atoms with Crippen molar-refractivity contribution in [3.63, 3.8) is 0 Å². The number of carboxylic acids is 1. The molecule has 240 valence electrons. The van der Waals surface area contributed by atoms with Gasteiger partial charge in [-0.25, -0.2) is 0 Å². The highest BCUT2D eigenvalue weighted by atomic mass is 16.5. The van der Waals surface area contributed by atoms with Gasteiger partial charge in [0.15, 0.2) is 0 Å². The molecule has 0 heterocycles. The lowest BCUT2D eigenvalue weighted by Crippen LogP contribution is -2.19. The fourth-order valence-corrected chi connectivity index (χ4v) is 5.55. The molecule has 0 amide bonds. The number of aliphatic carboxylic acids is 1. The molecule has 4 heteroatoms. The normalized spacial score (nSPS) is 12.1. The smallest absolute Gasteiger partial charge is 0.307 e. The molecule has 1 unspecified atom stereocenters. The average molecular weight is 577 g/mol. The average Bonchev–Trinajstić information content (AvgIpc) is 2.96. The summed E-state index contributed by atoms with van der Waals surface area (Å²) in [5, 5.41) is 9.32. The van der Waals surface area contributed by atoms with E-state index in [1.54, 1.807) is 0 Å². The maximum Gasteiger partial charge on any atom is 0.307 e. The number of ether oxygens (including phenoxy) is 1. The van der Waals surface area contributed by atoms with Crippen molar-refractivity contribution >= 4 is 11.9 Å². The zero-order chi connectivity index (χ0) is 30.1. The van der Waals surface area contributed by atoms with Crippen LogP contribution in [-0.4, -0.2) is 23.7 Å². The van der Waals surface area contributed by atoms with Gasteiger partial charge in [0.25, 0.3) is 0 Å². The maximum absolute atomic E-state index is 11.6. The highest BCUT2D eigenvalue weighted by Gasteiger charge is 2.21. The van der Waals surface area contributed by atoms with Crippen molar-refractivity contribution in [3.8, 4) is 0 Å². The van der Waals surface area contributed by atoms with Crippen molar-refractivity contribution in [1.29, 1.82) is 0 Å². The van der Waals surface area contributed by atoms with Crippen LogP contribution in [0.2, 0.25) is 0 Å². The van der Waals surface area contributed by atoms with Gasteiger partial charge in [0.2, 0.25) is 0 Å². The topological polar surface area (TPSA) is 63.6 Å². The van der Waals surface area contributed by atoms with E-state index in [2.05, 4.69) is 25.7 Å². The third kappa shape index (κ3) is 31.2. The minimum atomic E-state index is -0.899. The van der Waals surface area contributed by atoms with Gasteiger partial charge >= 0.3 is 11.9 Å². The van der Waals surface area contributed by atoms with E-state index in [1.165, 1.54) is 154 Å². The van der Waals surface area contributed by atoms with Crippen LogP contribution in [0, 0.1) is 5.92 Å². The Morgan fingerprint density at radius 1 is 0.610 bits per heavy atom. The molecule has 1 N–H and O–H groups in total. The molecule has 0 aromatic rings. The minimum absolute atomic E-state index is 0.0402. The fraction of sp³-hybridized carbons (Fsp3) is 0.838. The highest BCUT2D eigenvalue weighted by Crippen LogP contribution is 2.18. The lowest BCUT2D eigenvalue weighted by atomic mass is 9.97. The van der Waals surface area contributed by atoms with Crippen LogP contribution in [0.1, 0.15) is 187 Å². The summed E-state index contributed by atoms with van der Waals surface area (Å²) < 4.78 is 4.91. The Balaban J connectivity index is 3.26. The molecule has 0 aromatic heterocycles. The summed E-state index contributed by atoms with van der Waals surface area (Å²) in [6, 6.07) is 0. The first-order chi connectivity index (χ1) is 20.1. The van der Waals surface area contributed by atoms with Gasteiger partial charge in [-0.1, -0.05) is 179 Å². The van der Waals surface area contributed by atoms with E-state index in [0.717, 1.165) is 19.3 Å². The van der Waals surface area contributed by atoms with Gasteiger partial charge in [0.05, 0.1) is 12.3 Å². The molecule has 0 aliphatic carbocycles. The van der Waals surface area contributed by atoms with Crippen molar-refractivity contribution < 1.29 is 19.4 Å². The molecule has 0 aromatic carbocycles. The predicted octanol–water partition coefficient (Wildman–Crippen LogP) is 11.9. The number of esters is 1. The molecule has 0 rings (SSSR count). The third-order valence-corrected chi connectivity index (χ3v) is 8.20. The van der Waals surface area contributed by atoms with E-state index in [1.807, 2.05) is 0 Å².